The number of anilines is 1. The summed E-state index contributed by atoms with van der Waals surface area (Å²) in [7, 11) is 0. The number of rotatable bonds is 4. The second-order valence-corrected chi connectivity index (χ2v) is 9.12. The van der Waals surface area contributed by atoms with Crippen molar-refractivity contribution in [3.05, 3.63) is 33.8 Å². The molecular formula is C22H29N5O4. The molecule has 1 aromatic heterocycles. The van der Waals surface area contributed by atoms with Gasteiger partial charge in [0.2, 0.25) is 17.8 Å². The summed E-state index contributed by atoms with van der Waals surface area (Å²) >= 11 is 0. The highest BCUT2D eigenvalue weighted by Crippen LogP contribution is 2.51. The summed E-state index contributed by atoms with van der Waals surface area (Å²) in [6, 6.07) is 0.0276. The number of amides is 2. The van der Waals surface area contributed by atoms with Crippen molar-refractivity contribution < 1.29 is 14.3 Å². The Morgan fingerprint density at radius 2 is 2.06 bits per heavy atom. The summed E-state index contributed by atoms with van der Waals surface area (Å²) in [6.07, 6.45) is 5.10. The molecule has 0 aliphatic carbocycles. The van der Waals surface area contributed by atoms with Gasteiger partial charge in [0, 0.05) is 36.9 Å². The molecule has 5 rings (SSSR count). The van der Waals surface area contributed by atoms with Crippen molar-refractivity contribution in [1.82, 2.24) is 20.2 Å². The fourth-order valence-corrected chi connectivity index (χ4v) is 5.46. The first-order valence-corrected chi connectivity index (χ1v) is 11.1. The number of piperidine rings is 1. The molecule has 1 spiro atoms. The average molecular weight is 428 g/mol. The second-order valence-electron chi connectivity index (χ2n) is 9.12. The number of likely N-dealkylation sites (N-methyl/N-ethyl adjacent to an activating group) is 1. The Bertz CT molecular complexity index is 1010. The number of hydrogen-bond acceptors (Lipinski definition) is 6. The van der Waals surface area contributed by atoms with Crippen LogP contribution in [-0.4, -0.2) is 70.6 Å². The van der Waals surface area contributed by atoms with Gasteiger partial charge in [-0.15, -0.1) is 0 Å². The molecule has 166 valence electrons. The van der Waals surface area contributed by atoms with Gasteiger partial charge >= 0.3 is 0 Å². The number of carbonyl (C=O) groups excluding carboxylic acids is 2. The molecule has 0 aromatic carbocycles. The summed E-state index contributed by atoms with van der Waals surface area (Å²) in [5.41, 5.74) is 0.617. The lowest BCUT2D eigenvalue weighted by molar-refractivity contribution is -0.137. The van der Waals surface area contributed by atoms with Crippen LogP contribution in [0.5, 0.6) is 0 Å². The highest BCUT2D eigenvalue weighted by atomic mass is 16.5. The summed E-state index contributed by atoms with van der Waals surface area (Å²) in [5, 5.41) is 3.17. The largest absolute Gasteiger partial charge is 0.360 e. The van der Waals surface area contributed by atoms with Gasteiger partial charge in [-0.05, 0) is 33.6 Å². The molecule has 2 N–H and O–H groups in total. The number of H-pyrrole nitrogens is 1. The van der Waals surface area contributed by atoms with Crippen molar-refractivity contribution in [3.63, 3.8) is 0 Å². The van der Waals surface area contributed by atoms with E-state index in [0.717, 1.165) is 18.5 Å². The number of aromatic nitrogens is 2. The lowest BCUT2D eigenvalue weighted by Crippen LogP contribution is -2.50. The topological polar surface area (TPSA) is 108 Å². The van der Waals surface area contributed by atoms with E-state index in [-0.39, 0.29) is 29.5 Å². The predicted molar refractivity (Wildman–Crippen MR) is 114 cm³/mol. The van der Waals surface area contributed by atoms with Crippen LogP contribution in [0.3, 0.4) is 0 Å². The normalized spacial score (nSPS) is 32.1. The van der Waals surface area contributed by atoms with E-state index in [0.29, 0.717) is 37.7 Å². The van der Waals surface area contributed by atoms with Crippen LogP contribution in [0.4, 0.5) is 5.95 Å². The van der Waals surface area contributed by atoms with Gasteiger partial charge in [-0.1, -0.05) is 12.2 Å². The van der Waals surface area contributed by atoms with Crippen molar-refractivity contribution in [2.24, 2.45) is 11.8 Å². The van der Waals surface area contributed by atoms with E-state index < -0.39 is 17.4 Å². The van der Waals surface area contributed by atoms with Crippen molar-refractivity contribution in [2.75, 3.05) is 31.1 Å². The van der Waals surface area contributed by atoms with Gasteiger partial charge in [0.1, 0.15) is 5.60 Å². The van der Waals surface area contributed by atoms with Crippen LogP contribution in [-0.2, 0) is 14.3 Å². The van der Waals surface area contributed by atoms with Crippen LogP contribution >= 0.6 is 0 Å². The Morgan fingerprint density at radius 1 is 1.32 bits per heavy atom. The third-order valence-electron chi connectivity index (χ3n) is 7.39. The lowest BCUT2D eigenvalue weighted by atomic mass is 9.76. The number of ether oxygens (including phenoxy) is 1. The highest BCUT2D eigenvalue weighted by molar-refractivity contribution is 5.93. The number of nitrogens with one attached hydrogen (secondary N) is 2. The molecule has 3 fully saturated rings. The molecule has 9 nitrogen and oxygen atoms in total. The molecule has 0 saturated carbocycles. The van der Waals surface area contributed by atoms with E-state index in [4.69, 9.17) is 4.74 Å². The third-order valence-corrected chi connectivity index (χ3v) is 7.39. The third kappa shape index (κ3) is 3.09. The summed E-state index contributed by atoms with van der Waals surface area (Å²) < 4.78 is 6.13. The number of hydrogen-bond donors (Lipinski definition) is 2. The highest BCUT2D eigenvalue weighted by Gasteiger charge is 2.66. The fraction of sp³-hybridized carbons (Fsp3) is 0.636. The number of aryl methyl sites for hydroxylation is 1. The minimum absolute atomic E-state index is 0.0223. The SMILES string of the molecule is CCN1C[C@@]23C=C[C@@H](O2)[C@@H](C(=O)NC2CCN(c4nc(C)c(C)c(=O)[nH]4)CC2)[C@@H]3C1=O. The van der Waals surface area contributed by atoms with Gasteiger partial charge < -0.3 is 19.9 Å². The number of carbonyl (C=O) groups is 2. The van der Waals surface area contributed by atoms with Crippen molar-refractivity contribution in [3.8, 4) is 0 Å². The van der Waals surface area contributed by atoms with E-state index in [9.17, 15) is 14.4 Å². The predicted octanol–water partition coefficient (Wildman–Crippen LogP) is 0.274. The minimum Gasteiger partial charge on any atom is -0.360 e. The van der Waals surface area contributed by atoms with Crippen LogP contribution in [0.2, 0.25) is 0 Å². The van der Waals surface area contributed by atoms with Crippen LogP contribution in [0.15, 0.2) is 16.9 Å². The van der Waals surface area contributed by atoms with Crippen LogP contribution in [0.25, 0.3) is 0 Å². The molecule has 31 heavy (non-hydrogen) atoms. The summed E-state index contributed by atoms with van der Waals surface area (Å²) in [6.45, 7) is 8.09. The Labute approximate surface area is 180 Å². The molecule has 0 radical (unpaired) electrons. The summed E-state index contributed by atoms with van der Waals surface area (Å²) in [5.74, 6) is -0.377. The zero-order chi connectivity index (χ0) is 21.9. The Kier molecular flexibility index (Phi) is 4.69. The second kappa shape index (κ2) is 7.19. The number of likely N-dealkylation sites (tertiary alicyclic amines) is 1. The minimum atomic E-state index is -0.635. The number of nitrogens with zero attached hydrogens (tertiary/aromatic N) is 3. The molecule has 4 aliphatic rings. The molecule has 2 bridgehead atoms. The molecule has 0 unspecified atom stereocenters. The Balaban J connectivity index is 1.23. The molecule has 4 aliphatic heterocycles. The van der Waals surface area contributed by atoms with E-state index in [1.807, 2.05) is 26.0 Å². The molecule has 3 saturated heterocycles. The molecule has 1 aromatic rings. The molecule has 2 amide bonds. The van der Waals surface area contributed by atoms with Crippen LogP contribution in [0, 0.1) is 25.7 Å². The molecule has 5 heterocycles. The summed E-state index contributed by atoms with van der Waals surface area (Å²) in [4.78, 5) is 49.3. The number of fused-ring (bicyclic) bond motifs is 1. The molecule has 4 atom stereocenters. The Hall–Kier alpha value is -2.68. The molecule has 9 heteroatoms. The monoisotopic (exact) mass is 427 g/mol. The van der Waals surface area contributed by atoms with Crippen LogP contribution < -0.4 is 15.8 Å². The van der Waals surface area contributed by atoms with Gasteiger partial charge in [-0.2, -0.15) is 0 Å². The Morgan fingerprint density at radius 3 is 2.74 bits per heavy atom. The zero-order valence-electron chi connectivity index (χ0n) is 18.2. The van der Waals surface area contributed by atoms with Gasteiger partial charge in [0.25, 0.3) is 5.56 Å². The van der Waals surface area contributed by atoms with Crippen molar-refractivity contribution in [1.29, 1.82) is 0 Å². The molecular weight excluding hydrogens is 398 g/mol. The zero-order valence-corrected chi connectivity index (χ0v) is 18.2. The van der Waals surface area contributed by atoms with Gasteiger partial charge in [0.15, 0.2) is 0 Å². The van der Waals surface area contributed by atoms with E-state index >= 15 is 0 Å². The first-order valence-electron chi connectivity index (χ1n) is 11.1. The maximum atomic E-state index is 13.2. The van der Waals surface area contributed by atoms with Gasteiger partial charge in [0.05, 0.1) is 24.5 Å². The van der Waals surface area contributed by atoms with E-state index in [1.165, 1.54) is 0 Å². The maximum absolute atomic E-state index is 13.2. The first-order chi connectivity index (χ1) is 14.8. The van der Waals surface area contributed by atoms with Crippen molar-refractivity contribution >= 4 is 17.8 Å². The lowest BCUT2D eigenvalue weighted by Gasteiger charge is -2.34. The van der Waals surface area contributed by atoms with E-state index in [1.54, 1.807) is 11.8 Å². The standard InChI is InChI=1S/C22H29N5O4/c1-4-26-11-22-8-5-15(31-22)16(17(22)20(26)30)19(29)24-14-6-9-27(10-7-14)21-23-13(3)12(2)18(28)25-21/h5,8,14-17H,4,6-7,9-11H2,1-3H3,(H,24,29)(H,23,25,28)/t15-,16-,17-,22-/m1/s1. The first kappa shape index (κ1) is 20.2. The van der Waals surface area contributed by atoms with Crippen LogP contribution in [0.1, 0.15) is 31.0 Å². The van der Waals surface area contributed by atoms with Gasteiger partial charge in [-0.25, -0.2) is 4.98 Å². The average Bonchev–Trinajstić information content (AvgIpc) is 3.40. The van der Waals surface area contributed by atoms with Crippen molar-refractivity contribution in [2.45, 2.75) is 51.4 Å². The van der Waals surface area contributed by atoms with E-state index in [2.05, 4.69) is 20.2 Å². The number of aromatic amines is 1. The smallest absolute Gasteiger partial charge is 0.255 e. The maximum Gasteiger partial charge on any atom is 0.255 e. The quantitative estimate of drug-likeness (QED) is 0.668. The van der Waals surface area contributed by atoms with Gasteiger partial charge in [-0.3, -0.25) is 19.4 Å². The fourth-order valence-electron chi connectivity index (χ4n) is 5.46.